The Hall–Kier alpha value is -3.33. The van der Waals surface area contributed by atoms with E-state index in [-0.39, 0.29) is 22.2 Å². The summed E-state index contributed by atoms with van der Waals surface area (Å²) in [5, 5.41) is 23.1. The highest BCUT2D eigenvalue weighted by Crippen LogP contribution is 2.36. The molecule has 10 heteroatoms. The first kappa shape index (κ1) is 19.0. The number of amides is 1. The molecule has 0 aliphatic carbocycles. The van der Waals surface area contributed by atoms with Crippen LogP contribution in [-0.4, -0.2) is 36.1 Å². The van der Waals surface area contributed by atoms with Crippen LogP contribution in [0.3, 0.4) is 0 Å². The molecule has 0 saturated carbocycles. The van der Waals surface area contributed by atoms with Crippen molar-refractivity contribution < 1.29 is 29.1 Å². The number of methoxy groups -OCH3 is 2. The lowest BCUT2D eigenvalue weighted by Gasteiger charge is -2.14. The molecule has 0 unspecified atom stereocenters. The third-order valence-electron chi connectivity index (χ3n) is 3.42. The van der Waals surface area contributed by atoms with E-state index in [1.807, 2.05) is 0 Å². The molecular weight excluding hydrogens is 368 g/mol. The van der Waals surface area contributed by atoms with Crippen LogP contribution in [0.15, 0.2) is 30.3 Å². The summed E-state index contributed by atoms with van der Waals surface area (Å²) >= 11 is 5.98. The van der Waals surface area contributed by atoms with Gasteiger partial charge >= 0.3 is 5.97 Å². The number of nitrogens with one attached hydrogen (secondary N) is 1. The lowest BCUT2D eigenvalue weighted by atomic mass is 10.0. The number of nitrogens with zero attached hydrogens (tertiary/aromatic N) is 1. The minimum absolute atomic E-state index is 0.105. The number of benzene rings is 2. The van der Waals surface area contributed by atoms with E-state index in [1.165, 1.54) is 32.4 Å². The summed E-state index contributed by atoms with van der Waals surface area (Å²) in [6.45, 7) is 0. The summed E-state index contributed by atoms with van der Waals surface area (Å²) in [6.07, 6.45) is 0. The van der Waals surface area contributed by atoms with E-state index in [4.69, 9.17) is 21.1 Å². The van der Waals surface area contributed by atoms with E-state index >= 15 is 0 Å². The maximum atomic E-state index is 12.6. The average molecular weight is 381 g/mol. The number of anilines is 1. The van der Waals surface area contributed by atoms with Crippen LogP contribution < -0.4 is 14.8 Å². The molecule has 2 aromatic rings. The summed E-state index contributed by atoms with van der Waals surface area (Å²) in [4.78, 5) is 34.3. The fourth-order valence-corrected chi connectivity index (χ4v) is 2.48. The number of rotatable bonds is 6. The minimum Gasteiger partial charge on any atom is -0.495 e. The summed E-state index contributed by atoms with van der Waals surface area (Å²) in [5.41, 5.74) is -1.62. The van der Waals surface area contributed by atoms with Gasteiger partial charge in [0.15, 0.2) is 0 Å². The molecule has 0 fully saturated rings. The average Bonchev–Trinajstić information content (AvgIpc) is 2.61. The number of nitro groups is 1. The molecule has 0 aromatic heterocycles. The molecule has 0 spiro atoms. The van der Waals surface area contributed by atoms with Gasteiger partial charge in [0.25, 0.3) is 11.6 Å². The highest BCUT2D eigenvalue weighted by molar-refractivity contribution is 6.32. The molecule has 2 aromatic carbocycles. The minimum atomic E-state index is -1.47. The Balaban J connectivity index is 2.55. The van der Waals surface area contributed by atoms with Crippen molar-refractivity contribution in [3.63, 3.8) is 0 Å². The lowest BCUT2D eigenvalue weighted by Crippen LogP contribution is -2.19. The van der Waals surface area contributed by atoms with Crippen molar-refractivity contribution >= 4 is 34.9 Å². The van der Waals surface area contributed by atoms with E-state index in [2.05, 4.69) is 5.32 Å². The van der Waals surface area contributed by atoms with Crippen molar-refractivity contribution in [2.45, 2.75) is 0 Å². The SMILES string of the molecule is COc1cc(NC(=O)c2c(C(=O)O)cccc2[N+](=O)[O-])c(OC)cc1Cl. The van der Waals surface area contributed by atoms with Crippen LogP contribution in [0.5, 0.6) is 11.5 Å². The van der Waals surface area contributed by atoms with Gasteiger partial charge < -0.3 is 19.9 Å². The first-order valence-electron chi connectivity index (χ1n) is 7.03. The Labute approximate surface area is 152 Å². The number of hydrogen-bond donors (Lipinski definition) is 2. The zero-order valence-corrected chi connectivity index (χ0v) is 14.4. The van der Waals surface area contributed by atoms with Gasteiger partial charge in [-0.05, 0) is 6.07 Å². The number of hydrogen-bond acceptors (Lipinski definition) is 6. The number of aromatic carboxylic acids is 1. The number of nitro benzene ring substituents is 1. The molecule has 0 atom stereocenters. The van der Waals surface area contributed by atoms with E-state index < -0.39 is 33.6 Å². The fraction of sp³-hybridized carbons (Fsp3) is 0.125. The van der Waals surface area contributed by atoms with Crippen LogP contribution >= 0.6 is 11.6 Å². The number of halogens is 1. The zero-order chi connectivity index (χ0) is 19.4. The molecule has 26 heavy (non-hydrogen) atoms. The van der Waals surface area contributed by atoms with Crippen molar-refractivity contribution in [3.8, 4) is 11.5 Å². The van der Waals surface area contributed by atoms with Gasteiger partial charge in [-0.3, -0.25) is 14.9 Å². The lowest BCUT2D eigenvalue weighted by molar-refractivity contribution is -0.385. The van der Waals surface area contributed by atoms with E-state index in [9.17, 15) is 24.8 Å². The van der Waals surface area contributed by atoms with Crippen LogP contribution in [0.2, 0.25) is 5.02 Å². The Morgan fingerprint density at radius 1 is 1.19 bits per heavy atom. The first-order chi connectivity index (χ1) is 12.3. The predicted octanol–water partition coefficient (Wildman–Crippen LogP) is 3.22. The number of carbonyl (C=O) groups is 2. The maximum absolute atomic E-state index is 12.6. The van der Waals surface area contributed by atoms with Gasteiger partial charge in [-0.2, -0.15) is 0 Å². The second kappa shape index (κ2) is 7.70. The van der Waals surface area contributed by atoms with Crippen LogP contribution in [0.4, 0.5) is 11.4 Å². The Morgan fingerprint density at radius 3 is 2.38 bits per heavy atom. The van der Waals surface area contributed by atoms with Crippen LogP contribution in [-0.2, 0) is 0 Å². The number of ether oxygens (including phenoxy) is 2. The number of carboxylic acid groups (broad SMARTS) is 1. The van der Waals surface area contributed by atoms with Gasteiger partial charge in [0.05, 0.1) is 35.4 Å². The first-order valence-corrected chi connectivity index (χ1v) is 7.41. The Bertz CT molecular complexity index is 866. The maximum Gasteiger partial charge on any atom is 0.336 e. The number of carboxylic acids is 1. The fourth-order valence-electron chi connectivity index (χ4n) is 2.25. The third kappa shape index (κ3) is 3.67. The molecule has 0 saturated heterocycles. The molecule has 0 aliphatic heterocycles. The van der Waals surface area contributed by atoms with Gasteiger partial charge in [-0.1, -0.05) is 17.7 Å². The highest BCUT2D eigenvalue weighted by atomic mass is 35.5. The van der Waals surface area contributed by atoms with Crippen LogP contribution in [0.1, 0.15) is 20.7 Å². The zero-order valence-electron chi connectivity index (χ0n) is 13.6. The molecule has 0 radical (unpaired) electrons. The second-order valence-corrected chi connectivity index (χ2v) is 5.31. The molecule has 2 rings (SSSR count). The summed E-state index contributed by atoms with van der Waals surface area (Å²) in [6, 6.07) is 6.07. The van der Waals surface area contributed by atoms with Crippen molar-refractivity contribution in [2.24, 2.45) is 0 Å². The molecule has 0 heterocycles. The molecule has 1 amide bonds. The van der Waals surface area contributed by atoms with Crippen LogP contribution in [0, 0.1) is 10.1 Å². The van der Waals surface area contributed by atoms with E-state index in [0.29, 0.717) is 0 Å². The quantitative estimate of drug-likeness (QED) is 0.581. The second-order valence-electron chi connectivity index (χ2n) is 4.90. The van der Waals surface area contributed by atoms with Gasteiger partial charge in [0.1, 0.15) is 17.1 Å². The van der Waals surface area contributed by atoms with Crippen molar-refractivity contribution in [1.29, 1.82) is 0 Å². The topological polar surface area (TPSA) is 128 Å². The largest absolute Gasteiger partial charge is 0.495 e. The van der Waals surface area contributed by atoms with Crippen LogP contribution in [0.25, 0.3) is 0 Å². The summed E-state index contributed by atoms with van der Waals surface area (Å²) < 4.78 is 10.2. The number of carbonyl (C=O) groups excluding carboxylic acids is 1. The monoisotopic (exact) mass is 380 g/mol. The standard InChI is InChI=1S/C16H13ClN2O7/c1-25-12-7-10(13(26-2)6-9(12)17)18-15(20)14-8(16(21)22)4-3-5-11(14)19(23)24/h3-7H,1-2H3,(H,18,20)(H,21,22). The molecule has 0 bridgehead atoms. The molecular formula is C16H13ClN2O7. The third-order valence-corrected chi connectivity index (χ3v) is 3.71. The smallest absolute Gasteiger partial charge is 0.336 e. The van der Waals surface area contributed by atoms with Gasteiger partial charge in [-0.25, -0.2) is 4.79 Å². The predicted molar refractivity (Wildman–Crippen MR) is 92.6 cm³/mol. The molecule has 0 aliphatic rings. The summed E-state index contributed by atoms with van der Waals surface area (Å²) in [5.74, 6) is -2.07. The Morgan fingerprint density at radius 2 is 1.85 bits per heavy atom. The van der Waals surface area contributed by atoms with Gasteiger partial charge in [0, 0.05) is 18.2 Å². The summed E-state index contributed by atoms with van der Waals surface area (Å²) in [7, 11) is 2.70. The highest BCUT2D eigenvalue weighted by Gasteiger charge is 2.28. The normalized spacial score (nSPS) is 10.1. The molecule has 9 nitrogen and oxygen atoms in total. The molecule has 2 N–H and O–H groups in total. The van der Waals surface area contributed by atoms with Crippen molar-refractivity contribution in [2.75, 3.05) is 19.5 Å². The van der Waals surface area contributed by atoms with Gasteiger partial charge in [-0.15, -0.1) is 0 Å². The van der Waals surface area contributed by atoms with E-state index in [0.717, 1.165) is 12.1 Å². The van der Waals surface area contributed by atoms with E-state index in [1.54, 1.807) is 0 Å². The molecule has 136 valence electrons. The van der Waals surface area contributed by atoms with Gasteiger partial charge in [0.2, 0.25) is 0 Å². The Kier molecular flexibility index (Phi) is 5.63. The van der Waals surface area contributed by atoms with Crippen molar-refractivity contribution in [1.82, 2.24) is 0 Å². The van der Waals surface area contributed by atoms with Crippen molar-refractivity contribution in [3.05, 3.63) is 56.6 Å².